The summed E-state index contributed by atoms with van der Waals surface area (Å²) >= 11 is 0. The Bertz CT molecular complexity index is 2130. The summed E-state index contributed by atoms with van der Waals surface area (Å²) in [5, 5.41) is 37.5. The molecule has 2 unspecified atom stereocenters. The van der Waals surface area contributed by atoms with E-state index in [0.29, 0.717) is 11.5 Å². The fraction of sp³-hybridized carbons (Fsp3) is 0.545. The number of phenolic OH excluding ortho intramolecular Hbond substituents is 2. The second-order valence-electron chi connectivity index (χ2n) is 22.5. The van der Waals surface area contributed by atoms with E-state index in [4.69, 9.17) is 25.0 Å². The minimum Gasteiger partial charge on any atom is -0.507 e. The van der Waals surface area contributed by atoms with Crippen LogP contribution in [0.4, 0.5) is 16.2 Å². The standard InChI is InChI=1S/C53H76N6O2.CH2O3.CH4.Co/c1-49(2,3)39-31-37(45(60)43(33-39)51(7,8)9)35-54-47-48(55-36-38-32-40(50(4,5)6)34-44(46(38)61)52(10,11)12)53(47,23-17-25-58-27-19-41(20-28-58)56(13)14)24-18-26-59-29-21-42(22-30-59)57(15)16;2-1(3)4;;/h19-22,27-36,47-48H,17-18,23-26H2,1-16H3;(H2,2,3,4);1H4;/p+2. The zero-order chi connectivity index (χ0) is 48.9. The van der Waals surface area contributed by atoms with Gasteiger partial charge in [0.15, 0.2) is 24.8 Å². The third-order valence-corrected chi connectivity index (χ3v) is 12.6. The van der Waals surface area contributed by atoms with Gasteiger partial charge in [0.2, 0.25) is 0 Å². The van der Waals surface area contributed by atoms with Crippen molar-refractivity contribution in [3.63, 3.8) is 0 Å². The molecule has 11 nitrogen and oxygen atoms in total. The number of nitrogens with zero attached hydrogens (tertiary/aromatic N) is 6. The third kappa shape index (κ3) is 15.5. The Balaban J connectivity index is 0.00000247. The number of aromatic hydroxyl groups is 2. The molecule has 0 saturated heterocycles. The molecule has 0 aliphatic heterocycles. The molecule has 0 bridgehead atoms. The molecule has 1 aliphatic carbocycles. The van der Waals surface area contributed by atoms with Gasteiger partial charge in [0.05, 0.1) is 12.1 Å². The van der Waals surface area contributed by atoms with Gasteiger partial charge in [0.25, 0.3) is 0 Å². The summed E-state index contributed by atoms with van der Waals surface area (Å²) in [7, 11) is 8.27. The van der Waals surface area contributed by atoms with Crippen LogP contribution in [-0.2, 0) is 51.5 Å². The Labute approximate surface area is 413 Å². The van der Waals surface area contributed by atoms with Crippen LogP contribution in [-0.4, -0.2) is 79.3 Å². The molecule has 4 aromatic rings. The van der Waals surface area contributed by atoms with Gasteiger partial charge in [-0.1, -0.05) is 103 Å². The average Bonchev–Trinajstić information content (AvgIpc) is 3.78. The van der Waals surface area contributed by atoms with Gasteiger partial charge >= 0.3 is 6.16 Å². The first-order valence-corrected chi connectivity index (χ1v) is 23.0. The fourth-order valence-electron chi connectivity index (χ4n) is 8.44. The first-order valence-electron chi connectivity index (χ1n) is 23.0. The van der Waals surface area contributed by atoms with E-state index in [-0.39, 0.29) is 63.4 Å². The molecular weight excluding hydrogens is 884 g/mol. The number of aryl methyl sites for hydroxylation is 2. The van der Waals surface area contributed by atoms with Crippen molar-refractivity contribution in [2.45, 2.75) is 163 Å². The van der Waals surface area contributed by atoms with Gasteiger partial charge in [-0.3, -0.25) is 9.98 Å². The van der Waals surface area contributed by atoms with Crippen LogP contribution in [0, 0.1) is 5.41 Å². The van der Waals surface area contributed by atoms with E-state index in [9.17, 15) is 10.2 Å². The molecule has 1 fully saturated rings. The Morgan fingerprint density at radius 2 is 0.896 bits per heavy atom. The first-order chi connectivity index (χ1) is 30.0. The van der Waals surface area contributed by atoms with Gasteiger partial charge < -0.3 is 30.2 Å². The summed E-state index contributed by atoms with van der Waals surface area (Å²) in [5.74, 6) is 0.591. The van der Waals surface area contributed by atoms with Gasteiger partial charge in [-0.05, 0) is 57.8 Å². The van der Waals surface area contributed by atoms with E-state index in [2.05, 4.69) is 204 Å². The van der Waals surface area contributed by atoms with Crippen molar-refractivity contribution in [1.82, 2.24) is 0 Å². The first kappa shape index (κ1) is 58.2. The zero-order valence-electron chi connectivity index (χ0n) is 42.7. The predicted molar refractivity (Wildman–Crippen MR) is 274 cm³/mol. The minimum absolute atomic E-state index is 0. The Kier molecular flexibility index (Phi) is 19.9. The number of hydrogen-bond acceptors (Lipinski definition) is 7. The number of phenols is 2. The van der Waals surface area contributed by atoms with Crippen LogP contribution in [0.25, 0.3) is 0 Å². The van der Waals surface area contributed by atoms with Crippen LogP contribution < -0.4 is 18.9 Å². The summed E-state index contributed by atoms with van der Waals surface area (Å²) < 4.78 is 4.55. The van der Waals surface area contributed by atoms with E-state index in [0.717, 1.165) is 61.0 Å². The van der Waals surface area contributed by atoms with Crippen molar-refractivity contribution in [2.24, 2.45) is 15.4 Å². The third-order valence-electron chi connectivity index (χ3n) is 12.6. The Hall–Kier alpha value is -4.94. The topological polar surface area (TPSA) is 137 Å². The average molecular weight is 968 g/mol. The number of carboxylic acid groups (broad SMARTS) is 2. The van der Waals surface area contributed by atoms with Crippen molar-refractivity contribution in [3.8, 4) is 11.5 Å². The molecule has 67 heavy (non-hydrogen) atoms. The molecule has 1 aliphatic rings. The number of aliphatic imine (C=N–C) groups is 2. The van der Waals surface area contributed by atoms with E-state index >= 15 is 0 Å². The number of pyridine rings is 2. The van der Waals surface area contributed by atoms with Crippen LogP contribution >= 0.6 is 0 Å². The molecule has 1 radical (unpaired) electrons. The van der Waals surface area contributed by atoms with Crippen molar-refractivity contribution in [2.75, 3.05) is 38.0 Å². The van der Waals surface area contributed by atoms with Crippen LogP contribution in [0.1, 0.15) is 150 Å². The second kappa shape index (κ2) is 22.9. The summed E-state index contributed by atoms with van der Waals surface area (Å²) in [6.07, 6.45) is 14.5. The largest absolute Gasteiger partial charge is 0.507 e. The zero-order valence-corrected chi connectivity index (χ0v) is 43.7. The van der Waals surface area contributed by atoms with Crippen molar-refractivity contribution >= 4 is 30.0 Å². The number of benzene rings is 2. The molecule has 2 aromatic heterocycles. The monoisotopic (exact) mass is 968 g/mol. The molecule has 1 saturated carbocycles. The quantitative estimate of drug-likeness (QED) is 0.0729. The number of aromatic nitrogens is 2. The van der Waals surface area contributed by atoms with Crippen LogP contribution in [0.15, 0.2) is 83.3 Å². The molecule has 5 rings (SSSR count). The van der Waals surface area contributed by atoms with Crippen molar-refractivity contribution < 1.29 is 51.1 Å². The summed E-state index contributed by atoms with van der Waals surface area (Å²) in [6, 6.07) is 17.0. The molecule has 4 N–H and O–H groups in total. The second-order valence-corrected chi connectivity index (χ2v) is 22.5. The molecular formula is C55H84CoN6O5+2. The molecule has 0 spiro atoms. The molecule has 12 heteroatoms. The van der Waals surface area contributed by atoms with Crippen LogP contribution in [0.5, 0.6) is 11.5 Å². The maximum atomic E-state index is 11.8. The maximum absolute atomic E-state index is 11.8. The summed E-state index contributed by atoms with van der Waals surface area (Å²) in [4.78, 5) is 23.7. The Morgan fingerprint density at radius 1 is 0.597 bits per heavy atom. The molecule has 2 heterocycles. The van der Waals surface area contributed by atoms with Gasteiger partial charge in [0, 0.05) is 134 Å². The number of hydrogen-bond donors (Lipinski definition) is 4. The minimum atomic E-state index is -1.83. The number of rotatable bonds is 14. The predicted octanol–water partition coefficient (Wildman–Crippen LogP) is 11.1. The van der Waals surface area contributed by atoms with Crippen molar-refractivity contribution in [3.05, 3.63) is 107 Å². The SMILES string of the molecule is C.CN(C)c1cc[n+](CCCC2(CCC[n+]3ccc(N(C)C)cc3)C(N=Cc3cc(C(C)(C)C)cc(C(C)(C)C)c3O)C2N=Cc2cc(C(C)(C)C)cc(C(C)(C)C)c2O)cc1.O=C(O)O.[Co]. The molecule has 2 aromatic carbocycles. The van der Waals surface area contributed by atoms with E-state index in [1.807, 2.05) is 12.4 Å². The smallest absolute Gasteiger partial charge is 0.503 e. The Morgan fingerprint density at radius 3 is 1.15 bits per heavy atom. The summed E-state index contributed by atoms with van der Waals surface area (Å²) in [5.41, 5.74) is 7.14. The number of anilines is 2. The normalized spacial score (nSPS) is 15.9. The molecule has 0 amide bonds. The van der Waals surface area contributed by atoms with Gasteiger partial charge in [0.1, 0.15) is 24.6 Å². The van der Waals surface area contributed by atoms with Crippen LogP contribution in [0.3, 0.4) is 0 Å². The van der Waals surface area contributed by atoms with E-state index in [1.165, 1.54) is 22.5 Å². The summed E-state index contributed by atoms with van der Waals surface area (Å²) in [6.45, 7) is 28.0. The van der Waals surface area contributed by atoms with Crippen molar-refractivity contribution in [1.29, 1.82) is 0 Å². The molecule has 371 valence electrons. The van der Waals surface area contributed by atoms with Crippen LogP contribution in [0.2, 0.25) is 0 Å². The molecule has 2 atom stereocenters. The van der Waals surface area contributed by atoms with Gasteiger partial charge in [-0.15, -0.1) is 0 Å². The fourth-order valence-corrected chi connectivity index (χ4v) is 8.44. The van der Waals surface area contributed by atoms with Gasteiger partial charge in [-0.25, -0.2) is 13.9 Å². The number of carbonyl (C=O) groups is 1. The van der Waals surface area contributed by atoms with E-state index < -0.39 is 6.16 Å². The van der Waals surface area contributed by atoms with E-state index in [1.54, 1.807) is 0 Å². The van der Waals surface area contributed by atoms with Gasteiger partial charge in [-0.2, -0.15) is 0 Å². The maximum Gasteiger partial charge on any atom is 0.503 e.